The summed E-state index contributed by atoms with van der Waals surface area (Å²) in [6.45, 7) is 7.67. The summed E-state index contributed by atoms with van der Waals surface area (Å²) in [5.74, 6) is 0.353. The van der Waals surface area contributed by atoms with E-state index in [0.29, 0.717) is 23.0 Å². The number of aromatic nitrogens is 2. The fourth-order valence-corrected chi connectivity index (χ4v) is 3.64. The largest absolute Gasteiger partial charge is 0.376 e. The lowest BCUT2D eigenvalue weighted by atomic mass is 10.0. The lowest BCUT2D eigenvalue weighted by Crippen LogP contribution is -2.32. The maximum absolute atomic E-state index is 13.0. The molecule has 0 spiro atoms. The Morgan fingerprint density at radius 3 is 2.70 bits per heavy atom. The Hall–Kier alpha value is -1.85. The smallest absolute Gasteiger partial charge is 0.255 e. The second-order valence-corrected chi connectivity index (χ2v) is 7.89. The average Bonchev–Trinajstić information content (AvgIpc) is 3.27. The van der Waals surface area contributed by atoms with Gasteiger partial charge in [-0.15, -0.1) is 0 Å². The molecule has 1 aromatic carbocycles. The molecule has 0 aliphatic carbocycles. The number of halogens is 1. The highest BCUT2D eigenvalue weighted by molar-refractivity contribution is 6.30. The molecular formula is C21H28ClN3O2. The minimum Gasteiger partial charge on any atom is -0.376 e. The van der Waals surface area contributed by atoms with Gasteiger partial charge in [-0.25, -0.2) is 4.68 Å². The Morgan fingerprint density at radius 2 is 2.11 bits per heavy atom. The Kier molecular flexibility index (Phi) is 6.55. The summed E-state index contributed by atoms with van der Waals surface area (Å²) in [6, 6.07) is 7.55. The SMILES string of the molecule is CCc1c(C(=O)NC[C@@H]2CCCO2)c(CC(C)C)nn1-c1ccc(Cl)cc1. The summed E-state index contributed by atoms with van der Waals surface area (Å²) in [4.78, 5) is 13.0. The molecule has 1 atom stereocenters. The monoisotopic (exact) mass is 389 g/mol. The van der Waals surface area contributed by atoms with Gasteiger partial charge in [-0.1, -0.05) is 32.4 Å². The first-order valence-electron chi connectivity index (χ1n) is 9.76. The van der Waals surface area contributed by atoms with Crippen molar-refractivity contribution < 1.29 is 9.53 Å². The number of amides is 1. The van der Waals surface area contributed by atoms with E-state index in [1.165, 1.54) is 0 Å². The van der Waals surface area contributed by atoms with Crippen LogP contribution >= 0.6 is 11.6 Å². The number of rotatable bonds is 7. The van der Waals surface area contributed by atoms with E-state index in [1.54, 1.807) is 0 Å². The van der Waals surface area contributed by atoms with Gasteiger partial charge in [-0.2, -0.15) is 5.10 Å². The molecule has 6 heteroatoms. The van der Waals surface area contributed by atoms with Crippen molar-refractivity contribution in [3.8, 4) is 5.69 Å². The third-order valence-corrected chi connectivity index (χ3v) is 5.05. The van der Waals surface area contributed by atoms with Gasteiger partial charge < -0.3 is 10.1 Å². The summed E-state index contributed by atoms with van der Waals surface area (Å²) < 4.78 is 7.51. The van der Waals surface area contributed by atoms with Gasteiger partial charge in [0.25, 0.3) is 5.91 Å². The van der Waals surface area contributed by atoms with Crippen molar-refractivity contribution in [2.24, 2.45) is 5.92 Å². The first-order chi connectivity index (χ1) is 13.0. The number of hydrogen-bond donors (Lipinski definition) is 1. The molecule has 0 saturated carbocycles. The highest BCUT2D eigenvalue weighted by Crippen LogP contribution is 2.23. The topological polar surface area (TPSA) is 56.1 Å². The van der Waals surface area contributed by atoms with Crippen LogP contribution in [0.5, 0.6) is 0 Å². The van der Waals surface area contributed by atoms with Gasteiger partial charge in [0.15, 0.2) is 0 Å². The van der Waals surface area contributed by atoms with Crippen molar-refractivity contribution in [3.05, 3.63) is 46.2 Å². The molecule has 1 saturated heterocycles. The Balaban J connectivity index is 1.93. The number of benzene rings is 1. The molecular weight excluding hydrogens is 362 g/mol. The van der Waals surface area contributed by atoms with Crippen molar-refractivity contribution in [1.29, 1.82) is 0 Å². The van der Waals surface area contributed by atoms with Crippen molar-refractivity contribution in [2.45, 2.75) is 52.6 Å². The second-order valence-electron chi connectivity index (χ2n) is 7.45. The van der Waals surface area contributed by atoms with Crippen molar-refractivity contribution in [3.63, 3.8) is 0 Å². The molecule has 0 bridgehead atoms. The van der Waals surface area contributed by atoms with Crippen LogP contribution in [0.15, 0.2) is 24.3 Å². The van der Waals surface area contributed by atoms with E-state index in [2.05, 4.69) is 26.1 Å². The number of nitrogens with one attached hydrogen (secondary N) is 1. The van der Waals surface area contributed by atoms with E-state index in [9.17, 15) is 4.79 Å². The third kappa shape index (κ3) is 4.71. The molecule has 0 unspecified atom stereocenters. The summed E-state index contributed by atoms with van der Waals surface area (Å²) >= 11 is 6.03. The average molecular weight is 390 g/mol. The standard InChI is InChI=1S/C21H28ClN3O2/c1-4-19-20(21(26)23-13-17-6-5-11-27-17)18(12-14(2)3)24-25(19)16-9-7-15(22)8-10-16/h7-10,14,17H,4-6,11-13H2,1-3H3,(H,23,26)/t17-/m0/s1. The van der Waals surface area contributed by atoms with Crippen LogP contribution < -0.4 is 5.32 Å². The quantitative estimate of drug-likeness (QED) is 0.772. The number of carbonyl (C=O) groups is 1. The molecule has 146 valence electrons. The summed E-state index contributed by atoms with van der Waals surface area (Å²) in [5.41, 5.74) is 3.40. The molecule has 1 N–H and O–H groups in total. The Labute approximate surface area is 166 Å². The van der Waals surface area contributed by atoms with Gasteiger partial charge in [-0.05, 0) is 55.9 Å². The van der Waals surface area contributed by atoms with Gasteiger partial charge in [-0.3, -0.25) is 4.79 Å². The normalized spacial score (nSPS) is 16.9. The molecule has 1 amide bonds. The van der Waals surface area contributed by atoms with Crippen LogP contribution in [0.4, 0.5) is 0 Å². The van der Waals surface area contributed by atoms with Crippen LogP contribution in [-0.4, -0.2) is 34.9 Å². The van der Waals surface area contributed by atoms with Gasteiger partial charge in [0.1, 0.15) is 0 Å². The van der Waals surface area contributed by atoms with E-state index in [1.807, 2.05) is 28.9 Å². The lowest BCUT2D eigenvalue weighted by molar-refractivity contribution is 0.0856. The summed E-state index contributed by atoms with van der Waals surface area (Å²) in [6.07, 6.45) is 3.67. The minimum absolute atomic E-state index is 0.0572. The van der Waals surface area contributed by atoms with Crippen molar-refractivity contribution >= 4 is 17.5 Å². The van der Waals surface area contributed by atoms with E-state index in [-0.39, 0.29) is 12.0 Å². The van der Waals surface area contributed by atoms with Crippen LogP contribution in [-0.2, 0) is 17.6 Å². The summed E-state index contributed by atoms with van der Waals surface area (Å²) in [5, 5.41) is 8.55. The summed E-state index contributed by atoms with van der Waals surface area (Å²) in [7, 11) is 0. The predicted octanol–water partition coefficient (Wildman–Crippen LogP) is 4.20. The first kappa shape index (κ1) is 19.9. The zero-order chi connectivity index (χ0) is 19.4. The fraction of sp³-hybridized carbons (Fsp3) is 0.524. The molecule has 27 heavy (non-hydrogen) atoms. The fourth-order valence-electron chi connectivity index (χ4n) is 3.52. The highest BCUT2D eigenvalue weighted by atomic mass is 35.5. The predicted molar refractivity (Wildman–Crippen MR) is 108 cm³/mol. The van der Waals surface area contributed by atoms with Crippen LogP contribution in [0.25, 0.3) is 5.69 Å². The van der Waals surface area contributed by atoms with Crippen LogP contribution in [0.1, 0.15) is 55.4 Å². The molecule has 2 aromatic rings. The highest BCUT2D eigenvalue weighted by Gasteiger charge is 2.25. The van der Waals surface area contributed by atoms with Crippen LogP contribution in [0.2, 0.25) is 5.02 Å². The number of nitrogens with zero attached hydrogens (tertiary/aromatic N) is 2. The van der Waals surface area contributed by atoms with E-state index < -0.39 is 0 Å². The van der Waals surface area contributed by atoms with Crippen molar-refractivity contribution in [2.75, 3.05) is 13.2 Å². The molecule has 1 aromatic heterocycles. The van der Waals surface area contributed by atoms with E-state index in [4.69, 9.17) is 21.4 Å². The Bertz CT molecular complexity index is 777. The first-order valence-corrected chi connectivity index (χ1v) is 10.1. The van der Waals surface area contributed by atoms with Crippen LogP contribution in [0, 0.1) is 5.92 Å². The van der Waals surface area contributed by atoms with Crippen molar-refractivity contribution in [1.82, 2.24) is 15.1 Å². The molecule has 5 nitrogen and oxygen atoms in total. The molecule has 1 fully saturated rings. The van der Waals surface area contributed by atoms with Gasteiger partial charge in [0, 0.05) is 18.2 Å². The third-order valence-electron chi connectivity index (χ3n) is 4.80. The zero-order valence-electron chi connectivity index (χ0n) is 16.3. The molecule has 2 heterocycles. The number of ether oxygens (including phenoxy) is 1. The number of carbonyl (C=O) groups excluding carboxylic acids is 1. The maximum Gasteiger partial charge on any atom is 0.255 e. The number of hydrogen-bond acceptors (Lipinski definition) is 3. The van der Waals surface area contributed by atoms with Crippen LogP contribution in [0.3, 0.4) is 0 Å². The molecule has 3 rings (SSSR count). The van der Waals surface area contributed by atoms with E-state index >= 15 is 0 Å². The van der Waals surface area contributed by atoms with E-state index in [0.717, 1.165) is 49.4 Å². The minimum atomic E-state index is -0.0572. The van der Waals surface area contributed by atoms with Gasteiger partial charge in [0.05, 0.1) is 28.7 Å². The van der Waals surface area contributed by atoms with Gasteiger partial charge >= 0.3 is 0 Å². The second kappa shape index (κ2) is 8.89. The maximum atomic E-state index is 13.0. The molecule has 1 aliphatic rings. The van der Waals surface area contributed by atoms with Gasteiger partial charge in [0.2, 0.25) is 0 Å². The Morgan fingerprint density at radius 1 is 1.37 bits per heavy atom. The molecule has 0 radical (unpaired) electrons. The lowest BCUT2D eigenvalue weighted by Gasteiger charge is -2.12. The molecule has 1 aliphatic heterocycles. The zero-order valence-corrected chi connectivity index (χ0v) is 17.1.